The van der Waals surface area contributed by atoms with Gasteiger partial charge in [-0.25, -0.2) is 9.38 Å². The van der Waals surface area contributed by atoms with Gasteiger partial charge in [-0.05, 0) is 36.4 Å². The van der Waals surface area contributed by atoms with Crippen LogP contribution in [0.1, 0.15) is 25.0 Å². The number of ether oxygens (including phenoxy) is 1. The van der Waals surface area contributed by atoms with Crippen LogP contribution in [0, 0.1) is 11.2 Å². The molecular weight excluding hydrogens is 440 g/mol. The highest BCUT2D eigenvalue weighted by molar-refractivity contribution is 14.0. The maximum Gasteiger partial charge on any atom is 0.191 e. The Bertz CT molecular complexity index is 553. The Balaban J connectivity index is 0.00000288. The van der Waals surface area contributed by atoms with Gasteiger partial charge >= 0.3 is 0 Å². The summed E-state index contributed by atoms with van der Waals surface area (Å²) in [6, 6.07) is 4.94. The molecule has 24 heavy (non-hydrogen) atoms. The lowest BCUT2D eigenvalue weighted by Gasteiger charge is -2.38. The number of hydrogen-bond donors (Lipinski definition) is 2. The highest BCUT2D eigenvalue weighted by atomic mass is 127. The minimum absolute atomic E-state index is 0. The van der Waals surface area contributed by atoms with Crippen molar-refractivity contribution in [3.05, 3.63) is 35.1 Å². The van der Waals surface area contributed by atoms with Crippen LogP contribution in [0.5, 0.6) is 0 Å². The predicted octanol–water partition coefficient (Wildman–Crippen LogP) is 3.40. The van der Waals surface area contributed by atoms with Crippen molar-refractivity contribution in [3.63, 3.8) is 0 Å². The van der Waals surface area contributed by atoms with E-state index in [9.17, 15) is 4.39 Å². The third-order valence-corrected chi connectivity index (χ3v) is 4.40. The summed E-state index contributed by atoms with van der Waals surface area (Å²) in [5.41, 5.74) is 2.27. The zero-order valence-corrected chi connectivity index (χ0v) is 17.7. The average Bonchev–Trinajstić information content (AvgIpc) is 2.50. The molecule has 2 rings (SSSR count). The summed E-state index contributed by atoms with van der Waals surface area (Å²) in [5.74, 6) is 1.40. The molecule has 4 nitrogen and oxygen atoms in total. The molecule has 2 N–H and O–H groups in total. The summed E-state index contributed by atoms with van der Waals surface area (Å²) < 4.78 is 18.7. The molecule has 0 amide bonds. The average molecular weight is 467 g/mol. The fourth-order valence-corrected chi connectivity index (χ4v) is 2.97. The lowest BCUT2D eigenvalue weighted by atomic mass is 9.89. The van der Waals surface area contributed by atoms with E-state index in [0.29, 0.717) is 6.54 Å². The van der Waals surface area contributed by atoms with Gasteiger partial charge in [0.2, 0.25) is 0 Å². The van der Waals surface area contributed by atoms with Gasteiger partial charge in [-0.1, -0.05) is 13.0 Å². The summed E-state index contributed by atoms with van der Waals surface area (Å²) in [7, 11) is 0. The molecule has 1 aliphatic heterocycles. The Kier molecular flexibility index (Phi) is 9.36. The van der Waals surface area contributed by atoms with Gasteiger partial charge < -0.3 is 15.4 Å². The van der Waals surface area contributed by atoms with E-state index in [1.165, 1.54) is 6.07 Å². The summed E-state index contributed by atoms with van der Waals surface area (Å²) in [6.45, 7) is 8.00. The zero-order chi connectivity index (χ0) is 16.7. The van der Waals surface area contributed by atoms with Crippen molar-refractivity contribution in [2.24, 2.45) is 10.4 Å². The summed E-state index contributed by atoms with van der Waals surface area (Å²) in [6.07, 6.45) is 2.02. The number of guanidine groups is 1. The topological polar surface area (TPSA) is 45.7 Å². The van der Waals surface area contributed by atoms with Crippen LogP contribution in [-0.2, 0) is 17.0 Å². The SMILES string of the molecule is CCNC(=NCc1ccc(F)cc1CSC)NCC1(C)COC1.I. The van der Waals surface area contributed by atoms with E-state index in [1.807, 2.05) is 19.2 Å². The van der Waals surface area contributed by atoms with Gasteiger partial charge in [-0.15, -0.1) is 24.0 Å². The van der Waals surface area contributed by atoms with Gasteiger partial charge in [0.15, 0.2) is 5.96 Å². The Hall–Kier alpha value is -0.540. The molecule has 1 saturated heterocycles. The van der Waals surface area contributed by atoms with E-state index in [-0.39, 0.29) is 35.2 Å². The summed E-state index contributed by atoms with van der Waals surface area (Å²) in [5, 5.41) is 6.63. The Morgan fingerprint density at radius 3 is 2.67 bits per heavy atom. The van der Waals surface area contributed by atoms with E-state index in [2.05, 4.69) is 22.5 Å². The molecule has 1 heterocycles. The monoisotopic (exact) mass is 467 g/mol. The van der Waals surface area contributed by atoms with E-state index >= 15 is 0 Å². The first kappa shape index (κ1) is 21.5. The molecule has 0 bridgehead atoms. The van der Waals surface area contributed by atoms with Crippen LogP contribution >= 0.6 is 35.7 Å². The zero-order valence-electron chi connectivity index (χ0n) is 14.5. The number of nitrogens with zero attached hydrogens (tertiary/aromatic N) is 1. The minimum atomic E-state index is -0.190. The van der Waals surface area contributed by atoms with E-state index in [0.717, 1.165) is 49.1 Å². The molecule has 136 valence electrons. The Labute approximate surface area is 165 Å². The number of nitrogens with one attached hydrogen (secondary N) is 2. The van der Waals surface area contributed by atoms with Crippen LogP contribution in [0.15, 0.2) is 23.2 Å². The first-order valence-corrected chi connectivity index (χ1v) is 9.32. The molecule has 0 atom stereocenters. The van der Waals surface area contributed by atoms with Crippen LogP contribution in [0.25, 0.3) is 0 Å². The molecule has 1 aromatic carbocycles. The molecule has 0 spiro atoms. The molecule has 0 saturated carbocycles. The standard InChI is InChI=1S/C17H26FN3OS.HI/c1-4-19-16(21-10-17(2)11-22-12-17)20-8-13-5-6-15(18)7-14(13)9-23-3;/h5-7H,4,8-12H2,1-3H3,(H2,19,20,21);1H. The third kappa shape index (κ3) is 6.40. The van der Waals surface area contributed by atoms with Gasteiger partial charge in [-0.3, -0.25) is 0 Å². The normalized spacial score (nSPS) is 16.1. The minimum Gasteiger partial charge on any atom is -0.380 e. The molecular formula is C17H27FIN3OS. The lowest BCUT2D eigenvalue weighted by Crippen LogP contribution is -2.51. The third-order valence-electron chi connectivity index (χ3n) is 3.80. The van der Waals surface area contributed by atoms with Gasteiger partial charge in [0.25, 0.3) is 0 Å². The van der Waals surface area contributed by atoms with Crippen LogP contribution in [0.4, 0.5) is 4.39 Å². The van der Waals surface area contributed by atoms with Crippen molar-refractivity contribution in [2.45, 2.75) is 26.1 Å². The van der Waals surface area contributed by atoms with Crippen LogP contribution in [0.3, 0.4) is 0 Å². The number of benzene rings is 1. The predicted molar refractivity (Wildman–Crippen MR) is 111 cm³/mol. The van der Waals surface area contributed by atoms with Crippen molar-refractivity contribution < 1.29 is 9.13 Å². The van der Waals surface area contributed by atoms with Crippen LogP contribution < -0.4 is 10.6 Å². The van der Waals surface area contributed by atoms with Crippen molar-refractivity contribution >= 4 is 41.7 Å². The second kappa shape index (κ2) is 10.5. The first-order chi connectivity index (χ1) is 11.1. The molecule has 0 unspecified atom stereocenters. The van der Waals surface area contributed by atoms with Crippen LogP contribution in [0.2, 0.25) is 0 Å². The quantitative estimate of drug-likeness (QED) is 0.367. The van der Waals surface area contributed by atoms with Gasteiger partial charge in [0.05, 0.1) is 19.8 Å². The molecule has 7 heteroatoms. The summed E-state index contributed by atoms with van der Waals surface area (Å²) in [4.78, 5) is 4.64. The maximum atomic E-state index is 13.4. The number of hydrogen-bond acceptors (Lipinski definition) is 3. The fraction of sp³-hybridized carbons (Fsp3) is 0.588. The molecule has 0 aliphatic carbocycles. The smallest absolute Gasteiger partial charge is 0.191 e. The Morgan fingerprint density at radius 1 is 1.33 bits per heavy atom. The Morgan fingerprint density at radius 2 is 2.08 bits per heavy atom. The van der Waals surface area contributed by atoms with E-state index in [1.54, 1.807) is 17.8 Å². The lowest BCUT2D eigenvalue weighted by molar-refractivity contribution is -0.0971. The maximum absolute atomic E-state index is 13.4. The number of thioether (sulfide) groups is 1. The fourth-order valence-electron chi connectivity index (χ4n) is 2.39. The second-order valence-electron chi connectivity index (χ2n) is 6.20. The largest absolute Gasteiger partial charge is 0.380 e. The molecule has 0 aromatic heterocycles. The molecule has 1 aliphatic rings. The highest BCUT2D eigenvalue weighted by Gasteiger charge is 2.33. The van der Waals surface area contributed by atoms with E-state index in [4.69, 9.17) is 4.74 Å². The molecule has 1 fully saturated rings. The number of aliphatic imine (C=N–C) groups is 1. The number of rotatable bonds is 7. The summed E-state index contributed by atoms with van der Waals surface area (Å²) >= 11 is 1.69. The van der Waals surface area contributed by atoms with Crippen LogP contribution in [-0.4, -0.2) is 38.5 Å². The second-order valence-corrected chi connectivity index (χ2v) is 7.06. The van der Waals surface area contributed by atoms with E-state index < -0.39 is 0 Å². The number of halogens is 2. The van der Waals surface area contributed by atoms with Gasteiger partial charge in [-0.2, -0.15) is 11.8 Å². The first-order valence-electron chi connectivity index (χ1n) is 7.92. The highest BCUT2D eigenvalue weighted by Crippen LogP contribution is 2.25. The van der Waals surface area contributed by atoms with Crippen molar-refractivity contribution in [2.75, 3.05) is 32.6 Å². The van der Waals surface area contributed by atoms with Gasteiger partial charge in [0.1, 0.15) is 5.82 Å². The molecule has 1 aromatic rings. The molecule has 0 radical (unpaired) electrons. The van der Waals surface area contributed by atoms with Crippen molar-refractivity contribution in [1.29, 1.82) is 0 Å². The van der Waals surface area contributed by atoms with Crippen molar-refractivity contribution in [3.8, 4) is 0 Å². The van der Waals surface area contributed by atoms with Crippen molar-refractivity contribution in [1.82, 2.24) is 10.6 Å². The van der Waals surface area contributed by atoms with Gasteiger partial charge in [0, 0.05) is 24.3 Å².